The van der Waals surface area contributed by atoms with E-state index >= 15 is 0 Å². The molecule has 4 aromatic rings. The summed E-state index contributed by atoms with van der Waals surface area (Å²) < 4.78 is 5.75. The van der Waals surface area contributed by atoms with Gasteiger partial charge >= 0.3 is 12.1 Å². The summed E-state index contributed by atoms with van der Waals surface area (Å²) in [4.78, 5) is 40.0. The summed E-state index contributed by atoms with van der Waals surface area (Å²) >= 11 is 0. The Bertz CT molecular complexity index is 1480. The van der Waals surface area contributed by atoms with Crippen LogP contribution in [0.5, 0.6) is 0 Å². The summed E-state index contributed by atoms with van der Waals surface area (Å²) in [7, 11) is 0. The van der Waals surface area contributed by atoms with Crippen LogP contribution < -0.4 is 5.32 Å². The molecule has 0 unspecified atom stereocenters. The van der Waals surface area contributed by atoms with Gasteiger partial charge in [0.1, 0.15) is 12.6 Å². The molecular weight excluding hydrogens is 528 g/mol. The van der Waals surface area contributed by atoms with Crippen molar-refractivity contribution >= 4 is 18.0 Å². The number of rotatable bonds is 12. The van der Waals surface area contributed by atoms with Crippen molar-refractivity contribution in [1.82, 2.24) is 10.2 Å². The van der Waals surface area contributed by atoms with Crippen LogP contribution in [0.3, 0.4) is 0 Å². The highest BCUT2D eigenvalue weighted by Crippen LogP contribution is 2.44. The average Bonchev–Trinajstić information content (AvgIpc) is 3.34. The fourth-order valence-electron chi connectivity index (χ4n) is 5.52. The lowest BCUT2D eigenvalue weighted by Gasteiger charge is -2.28. The molecule has 0 saturated carbocycles. The molecule has 0 aromatic heterocycles. The number of alkyl carbamates (subject to hydrolysis) is 1. The van der Waals surface area contributed by atoms with E-state index in [1.54, 1.807) is 0 Å². The Balaban J connectivity index is 1.31. The largest absolute Gasteiger partial charge is 0.481 e. The average molecular weight is 563 g/mol. The number of aryl methyl sites for hydroxylation is 1. The third-order valence-electron chi connectivity index (χ3n) is 7.62. The molecule has 0 aliphatic heterocycles. The van der Waals surface area contributed by atoms with E-state index in [4.69, 9.17) is 4.74 Å². The molecule has 0 fully saturated rings. The molecule has 0 heterocycles. The van der Waals surface area contributed by atoms with Gasteiger partial charge in [0.2, 0.25) is 5.91 Å². The highest BCUT2D eigenvalue weighted by Gasteiger charge is 2.31. The third-order valence-corrected chi connectivity index (χ3v) is 7.62. The van der Waals surface area contributed by atoms with Crippen molar-refractivity contribution in [3.63, 3.8) is 0 Å². The number of aliphatic carboxylic acids is 1. The maximum atomic E-state index is 13.9. The molecule has 1 aliphatic rings. The monoisotopic (exact) mass is 562 g/mol. The molecule has 7 heteroatoms. The zero-order valence-electron chi connectivity index (χ0n) is 23.3. The molecular formula is C35H34N2O5. The zero-order valence-corrected chi connectivity index (χ0v) is 23.3. The molecule has 42 heavy (non-hydrogen) atoms. The van der Waals surface area contributed by atoms with E-state index in [0.717, 1.165) is 33.4 Å². The Labute approximate surface area is 245 Å². The number of fused-ring (bicyclic) bond motifs is 3. The van der Waals surface area contributed by atoms with Crippen LogP contribution in [0.15, 0.2) is 109 Å². The lowest BCUT2D eigenvalue weighted by molar-refractivity contribution is -0.139. The number of carbonyl (C=O) groups excluding carboxylic acids is 2. The van der Waals surface area contributed by atoms with Crippen LogP contribution in [0.2, 0.25) is 0 Å². The molecule has 5 rings (SSSR count). The number of carbonyl (C=O) groups is 3. The van der Waals surface area contributed by atoms with Gasteiger partial charge in [0.05, 0.1) is 6.42 Å². The second-order valence-corrected chi connectivity index (χ2v) is 10.4. The molecule has 1 aliphatic carbocycles. The molecule has 0 saturated heterocycles. The number of amides is 2. The van der Waals surface area contributed by atoms with Gasteiger partial charge in [-0.15, -0.1) is 0 Å². The summed E-state index contributed by atoms with van der Waals surface area (Å²) in [6.07, 6.45) is 0.0143. The van der Waals surface area contributed by atoms with Crippen LogP contribution in [0.1, 0.15) is 41.0 Å². The predicted octanol–water partition coefficient (Wildman–Crippen LogP) is 6.03. The van der Waals surface area contributed by atoms with E-state index in [9.17, 15) is 19.5 Å². The predicted molar refractivity (Wildman–Crippen MR) is 161 cm³/mol. The number of benzene rings is 4. The summed E-state index contributed by atoms with van der Waals surface area (Å²) in [5.41, 5.74) is 6.38. The highest BCUT2D eigenvalue weighted by molar-refractivity contribution is 5.86. The Morgan fingerprint density at radius 3 is 1.90 bits per heavy atom. The molecule has 0 spiro atoms. The van der Waals surface area contributed by atoms with E-state index in [1.165, 1.54) is 4.90 Å². The number of carboxylic acids is 1. The van der Waals surface area contributed by atoms with Crippen molar-refractivity contribution in [1.29, 1.82) is 0 Å². The molecule has 2 amide bonds. The first-order valence-corrected chi connectivity index (χ1v) is 14.2. The Morgan fingerprint density at radius 2 is 1.31 bits per heavy atom. The van der Waals surface area contributed by atoms with Gasteiger partial charge in [-0.3, -0.25) is 9.59 Å². The Kier molecular flexibility index (Phi) is 9.29. The number of nitrogens with one attached hydrogen (secondary N) is 1. The number of nitrogens with zero attached hydrogens (tertiary/aromatic N) is 1. The number of carboxylic acid groups (broad SMARTS) is 1. The summed E-state index contributed by atoms with van der Waals surface area (Å²) in [6.45, 7) is 0.393. The third kappa shape index (κ3) is 7.04. The summed E-state index contributed by atoms with van der Waals surface area (Å²) in [5, 5.41) is 12.1. The highest BCUT2D eigenvalue weighted by atomic mass is 16.5. The maximum Gasteiger partial charge on any atom is 0.407 e. The van der Waals surface area contributed by atoms with Gasteiger partial charge in [-0.05, 0) is 46.2 Å². The summed E-state index contributed by atoms with van der Waals surface area (Å²) in [5.74, 6) is -1.44. The van der Waals surface area contributed by atoms with Gasteiger partial charge < -0.3 is 20.1 Å². The van der Waals surface area contributed by atoms with Crippen molar-refractivity contribution in [2.75, 3.05) is 13.2 Å². The number of hydrogen-bond donors (Lipinski definition) is 2. The van der Waals surface area contributed by atoms with Gasteiger partial charge in [-0.25, -0.2) is 4.79 Å². The van der Waals surface area contributed by atoms with Crippen molar-refractivity contribution in [2.24, 2.45) is 0 Å². The Hall–Kier alpha value is -4.91. The van der Waals surface area contributed by atoms with E-state index in [2.05, 4.69) is 29.6 Å². The van der Waals surface area contributed by atoms with Crippen molar-refractivity contribution in [3.8, 4) is 11.1 Å². The smallest absolute Gasteiger partial charge is 0.407 e. The number of ether oxygens (including phenoxy) is 1. The molecule has 0 bridgehead atoms. The fraction of sp³-hybridized carbons (Fsp3) is 0.229. The number of hydrogen-bond acceptors (Lipinski definition) is 4. The van der Waals surface area contributed by atoms with Crippen LogP contribution in [0, 0.1) is 0 Å². The second kappa shape index (κ2) is 13.6. The first-order valence-electron chi connectivity index (χ1n) is 14.2. The van der Waals surface area contributed by atoms with Crippen LogP contribution in [-0.2, 0) is 27.3 Å². The van der Waals surface area contributed by atoms with E-state index in [-0.39, 0.29) is 37.9 Å². The van der Waals surface area contributed by atoms with Crippen LogP contribution in [0.25, 0.3) is 11.1 Å². The van der Waals surface area contributed by atoms with Gasteiger partial charge in [0, 0.05) is 19.0 Å². The van der Waals surface area contributed by atoms with Crippen LogP contribution in [-0.4, -0.2) is 47.2 Å². The van der Waals surface area contributed by atoms with Crippen LogP contribution in [0.4, 0.5) is 4.79 Å². The zero-order chi connectivity index (χ0) is 29.3. The van der Waals surface area contributed by atoms with Gasteiger partial charge in [-0.2, -0.15) is 0 Å². The normalized spacial score (nSPS) is 12.6. The first-order chi connectivity index (χ1) is 20.5. The van der Waals surface area contributed by atoms with Crippen LogP contribution >= 0.6 is 0 Å². The van der Waals surface area contributed by atoms with Gasteiger partial charge in [-0.1, -0.05) is 109 Å². The van der Waals surface area contributed by atoms with Crippen molar-refractivity contribution in [2.45, 2.75) is 37.8 Å². The first kappa shape index (κ1) is 28.6. The quantitative estimate of drug-likeness (QED) is 0.220. The summed E-state index contributed by atoms with van der Waals surface area (Å²) in [6, 6.07) is 34.5. The lowest BCUT2D eigenvalue weighted by Crippen LogP contribution is -2.49. The molecule has 7 nitrogen and oxygen atoms in total. The fourth-order valence-corrected chi connectivity index (χ4v) is 5.52. The van der Waals surface area contributed by atoms with E-state index in [0.29, 0.717) is 12.8 Å². The minimum absolute atomic E-state index is 0.0251. The molecule has 214 valence electrons. The molecule has 4 aromatic carbocycles. The molecule has 2 N–H and O–H groups in total. The standard InChI is InChI=1S/C35H34N2O5/c38-33(39)21-22-37(23-26-13-5-2-6-14-26)34(40)32(20-19-25-11-3-1-4-12-25)36-35(41)42-24-31-29-17-9-7-15-27(29)28-16-8-10-18-30(28)31/h1-18,31-32H,19-24H2,(H,36,41)(H,38,39)/t32-/m0/s1. The Morgan fingerprint density at radius 1 is 0.762 bits per heavy atom. The van der Waals surface area contributed by atoms with Crippen molar-refractivity contribution < 1.29 is 24.2 Å². The maximum absolute atomic E-state index is 13.9. The second-order valence-electron chi connectivity index (χ2n) is 10.4. The topological polar surface area (TPSA) is 95.9 Å². The molecule has 1 atom stereocenters. The minimum Gasteiger partial charge on any atom is -0.481 e. The van der Waals surface area contributed by atoms with Gasteiger partial charge in [0.15, 0.2) is 0 Å². The minimum atomic E-state index is -0.994. The van der Waals surface area contributed by atoms with Crippen molar-refractivity contribution in [3.05, 3.63) is 131 Å². The SMILES string of the molecule is O=C(O)CCN(Cc1ccccc1)C(=O)[C@H](CCc1ccccc1)NC(=O)OCC1c2ccccc2-c2ccccc21. The molecule has 0 radical (unpaired) electrons. The van der Waals surface area contributed by atoms with E-state index < -0.39 is 18.1 Å². The lowest BCUT2D eigenvalue weighted by atomic mass is 9.98. The van der Waals surface area contributed by atoms with Gasteiger partial charge in [0.25, 0.3) is 0 Å². The van der Waals surface area contributed by atoms with E-state index in [1.807, 2.05) is 84.9 Å².